The number of aliphatic hydroxyl groups excluding tert-OH is 2. The molecule has 4 radical (unpaired) electrons. The topological polar surface area (TPSA) is 275 Å². The Bertz CT molecular complexity index is 2160. The Morgan fingerprint density at radius 2 is 0.854 bits per heavy atom. The van der Waals surface area contributed by atoms with Crippen molar-refractivity contribution in [3.63, 3.8) is 0 Å². The Hall–Kier alpha value is -3.84. The molecule has 0 aromatic heterocycles. The number of hydrogen-bond acceptors (Lipinski definition) is 19. The summed E-state index contributed by atoms with van der Waals surface area (Å²) in [5, 5.41) is 17.4. The van der Waals surface area contributed by atoms with Crippen molar-refractivity contribution in [1.29, 1.82) is 4.35 Å². The van der Waals surface area contributed by atoms with Crippen molar-refractivity contribution in [2.75, 3.05) is 39.6 Å². The molecule has 2 aliphatic rings. The van der Waals surface area contributed by atoms with E-state index in [2.05, 4.69) is 103 Å². The second kappa shape index (κ2) is 35.0. The van der Waals surface area contributed by atoms with Crippen LogP contribution in [0.4, 0.5) is 0 Å². The molecule has 82 heavy (non-hydrogen) atoms. The van der Waals surface area contributed by atoms with Crippen LogP contribution < -0.4 is 0 Å². The molecule has 0 aromatic rings. The van der Waals surface area contributed by atoms with Crippen molar-refractivity contribution in [2.45, 2.75) is 210 Å². The molecule has 2 fully saturated rings. The molecule has 19 nitrogen and oxygen atoms in total. The van der Waals surface area contributed by atoms with Crippen molar-refractivity contribution < 1.29 is 86.5 Å². The summed E-state index contributed by atoms with van der Waals surface area (Å²) in [5.41, 5.74) is -5.13. The summed E-state index contributed by atoms with van der Waals surface area (Å²) in [6, 6.07) is 3.64. The first kappa shape index (κ1) is 84.6. The molecular formula is C57H105AlBNO18Si4. The van der Waals surface area contributed by atoms with Crippen LogP contribution in [0.1, 0.15) is 83.1 Å². The zero-order chi connectivity index (χ0) is 64.9. The zero-order valence-electron chi connectivity index (χ0n) is 54.6. The molecule has 0 bridgehead atoms. The average molecular weight is 1240 g/mol. The molecular weight excluding hydrogens is 1140 g/mol. The van der Waals surface area contributed by atoms with E-state index >= 15 is 0 Å². The number of nitrogens with one attached hydrogen (secondary N) is 1. The summed E-state index contributed by atoms with van der Waals surface area (Å²) >= 11 is 1.67. The summed E-state index contributed by atoms with van der Waals surface area (Å²) in [5.74, 6) is -4.71. The van der Waals surface area contributed by atoms with E-state index in [-0.39, 0.29) is 65.2 Å². The summed E-state index contributed by atoms with van der Waals surface area (Å²) in [6.45, 7) is 56.8. The Morgan fingerprint density at radius 1 is 0.549 bits per heavy atom. The van der Waals surface area contributed by atoms with Crippen molar-refractivity contribution in [2.24, 2.45) is 27.1 Å². The number of rotatable bonds is 24. The van der Waals surface area contributed by atoms with Gasteiger partial charge >= 0.3 is 68.2 Å². The van der Waals surface area contributed by atoms with Crippen molar-refractivity contribution >= 4 is 105 Å². The number of ether oxygens (including phenoxy) is 8. The molecule has 0 aromatic carbocycles. The van der Waals surface area contributed by atoms with Gasteiger partial charge in [-0.15, -0.1) is 0 Å². The van der Waals surface area contributed by atoms with E-state index < -0.39 is 120 Å². The van der Waals surface area contributed by atoms with Crippen LogP contribution in [0.5, 0.6) is 0 Å². The number of aliphatic hydroxyl groups is 2. The molecule has 468 valence electrons. The molecule has 2 saturated heterocycles. The minimum absolute atomic E-state index is 0. The van der Waals surface area contributed by atoms with Gasteiger partial charge < -0.3 is 48.1 Å². The molecule has 2 rings (SSSR count). The van der Waals surface area contributed by atoms with E-state index in [0.717, 1.165) is 24.2 Å². The molecule has 0 spiro atoms. The monoisotopic (exact) mass is 1240 g/mol. The van der Waals surface area contributed by atoms with Crippen LogP contribution in [0, 0.1) is 31.4 Å². The van der Waals surface area contributed by atoms with Crippen molar-refractivity contribution in [1.82, 2.24) is 0 Å². The molecule has 0 saturated carbocycles. The van der Waals surface area contributed by atoms with Crippen LogP contribution in [0.3, 0.4) is 0 Å². The van der Waals surface area contributed by atoms with Crippen LogP contribution in [-0.2, 0) is 76.3 Å². The Kier molecular flexibility index (Phi) is 36.1. The van der Waals surface area contributed by atoms with Crippen LogP contribution in [0.25, 0.3) is 0 Å². The molecule has 3 unspecified atom stereocenters. The standard InChI is InChI=1S/C28H52O9Si2.C13H28O2Si2.C10H14O4.C6H10O3.Al.B.HN/c1-25(2)18-35-21(30)20(25)37-24(33)28(7,26(3,4)22(31)34-15-14-29)27(5,6)23(32)36-19(16-38(8,9)10)17-39(11,12)13;1-11(2)13(14)15-12(9-16(3,4)5)10-17(6,7)8;1-6(2)8(11)14-7-9(12)13-5-10(7,3)4;1-5(2)6(8)9-4-3-7;;;/h19-20,29H,14-18H2,1-13H3;12H,1,9-10H2,2-8H3;7H,1,5H2,2-4H3;7H,1,3-4H2,2H3;;;1H. The average Bonchev–Trinajstić information content (AvgIpc) is 3.70. The van der Waals surface area contributed by atoms with Gasteiger partial charge in [-0.25, -0.2) is 24.0 Å². The van der Waals surface area contributed by atoms with E-state index in [4.69, 9.17) is 42.6 Å². The van der Waals surface area contributed by atoms with Gasteiger partial charge in [0.1, 0.15) is 26.4 Å². The van der Waals surface area contributed by atoms with Crippen LogP contribution >= 0.6 is 0 Å². The third kappa shape index (κ3) is 29.8. The fourth-order valence-electron chi connectivity index (χ4n) is 8.18. The van der Waals surface area contributed by atoms with Crippen molar-refractivity contribution in [3.05, 3.63) is 36.5 Å². The molecule has 2 heterocycles. The fourth-order valence-corrected chi connectivity index (χ4v) is 15.1. The first-order chi connectivity index (χ1) is 36.3. The molecule has 3 N–H and O–H groups in total. The molecule has 3 atom stereocenters. The normalized spacial score (nSPS) is 17.2. The number of hydrogen-bond donors (Lipinski definition) is 3. The fraction of sp³-hybridized carbons (Fsp3) is 0.754. The van der Waals surface area contributed by atoms with Gasteiger partial charge in [-0.05, 0) is 79.6 Å². The molecule has 0 amide bonds. The van der Waals surface area contributed by atoms with E-state index in [0.29, 0.717) is 11.1 Å². The molecule has 2 aliphatic heterocycles. The number of cyclic esters (lactones) is 2. The number of esters is 8. The maximum atomic E-state index is 14.1. The van der Waals surface area contributed by atoms with Gasteiger partial charge in [0, 0.05) is 68.3 Å². The Morgan fingerprint density at radius 3 is 1.15 bits per heavy atom. The summed E-state index contributed by atoms with van der Waals surface area (Å²) in [6.07, 6.45) is -2.24. The van der Waals surface area contributed by atoms with Crippen LogP contribution in [0.2, 0.25) is 103 Å². The van der Waals surface area contributed by atoms with Crippen LogP contribution in [-0.4, -0.2) is 179 Å². The third-order valence-electron chi connectivity index (χ3n) is 13.0. The molecule has 25 heteroatoms. The third-order valence-corrected chi connectivity index (χ3v) is 19.7. The van der Waals surface area contributed by atoms with Gasteiger partial charge in [0.05, 0.1) is 41.7 Å². The van der Waals surface area contributed by atoms with Gasteiger partial charge in [0.2, 0.25) is 12.2 Å². The zero-order valence-corrected chi connectivity index (χ0v) is 59.7. The predicted molar refractivity (Wildman–Crippen MR) is 332 cm³/mol. The van der Waals surface area contributed by atoms with Gasteiger partial charge in [0.15, 0.2) is 0 Å². The summed E-state index contributed by atoms with van der Waals surface area (Å²) in [7, 11) is -5.67. The van der Waals surface area contributed by atoms with Gasteiger partial charge in [-0.1, -0.05) is 126 Å². The van der Waals surface area contributed by atoms with E-state index in [1.807, 2.05) is 13.8 Å². The Balaban J connectivity index is -0.000000578. The van der Waals surface area contributed by atoms with E-state index in [1.165, 1.54) is 27.7 Å². The van der Waals surface area contributed by atoms with E-state index in [1.54, 1.807) is 57.6 Å². The summed E-state index contributed by atoms with van der Waals surface area (Å²) < 4.78 is 47.9. The molecule has 0 aliphatic carbocycles. The maximum absolute atomic E-state index is 14.1. The van der Waals surface area contributed by atoms with Gasteiger partial charge in [-0.3, -0.25) is 14.4 Å². The Labute approximate surface area is 506 Å². The van der Waals surface area contributed by atoms with Gasteiger partial charge in [-0.2, -0.15) is 0 Å². The number of carbonyl (C=O) groups excluding carboxylic acids is 8. The number of carbonyl (C=O) groups is 8. The predicted octanol–water partition coefficient (Wildman–Crippen LogP) is 9.51. The minimum atomic E-state index is -1.83. The quantitative estimate of drug-likeness (QED) is 0.0351. The first-order valence-corrected chi connectivity index (χ1v) is 42.7. The second-order valence-electron chi connectivity index (χ2n) is 28.3. The van der Waals surface area contributed by atoms with Crippen molar-refractivity contribution in [3.8, 4) is 0 Å². The van der Waals surface area contributed by atoms with E-state index in [9.17, 15) is 43.5 Å². The SMILES string of the molecule is C=C(C)C(=O)OC(C[Si](C)(C)C)C[Si](C)(C)C.C=C(C)C(=O)OC1C(=O)OCC1(C)C.C=C(C)C(=O)OCCO.CC1(C)COC(=O)C1OC(=O)C(C)(C(C)(C)C(=O)OCCO)C(C)(C)C(=O)OC(C[Si](C)(C)C)C[Si](C)(C)C.[B].[NH]=[Al]. The second-order valence-corrected chi connectivity index (χ2v) is 50.4. The van der Waals surface area contributed by atoms with Gasteiger partial charge in [0.25, 0.3) is 0 Å². The first-order valence-electron chi connectivity index (χ1n) is 27.3. The van der Waals surface area contributed by atoms with Crippen LogP contribution in [0.15, 0.2) is 36.5 Å². The summed E-state index contributed by atoms with van der Waals surface area (Å²) in [4.78, 5) is 98.4.